The van der Waals surface area contributed by atoms with Crippen LogP contribution in [-0.2, 0) is 0 Å². The molecule has 0 saturated carbocycles. The maximum Gasteiger partial charge on any atom is 0.274 e. The fourth-order valence-corrected chi connectivity index (χ4v) is 1.87. The predicted octanol–water partition coefficient (Wildman–Crippen LogP) is 2.78. The van der Waals surface area contributed by atoms with Crippen molar-refractivity contribution in [1.82, 2.24) is 5.48 Å². The maximum absolute atomic E-state index is 11.5. The summed E-state index contributed by atoms with van der Waals surface area (Å²) in [4.78, 5) is 11.5. The lowest BCUT2D eigenvalue weighted by atomic mass is 9.96. The summed E-state index contributed by atoms with van der Waals surface area (Å²) < 4.78 is 0. The van der Waals surface area contributed by atoms with Crippen LogP contribution in [0.3, 0.4) is 0 Å². The quantitative estimate of drug-likeness (QED) is 0.612. The van der Waals surface area contributed by atoms with Gasteiger partial charge in [0.1, 0.15) is 0 Å². The summed E-state index contributed by atoms with van der Waals surface area (Å²) >= 11 is 0. The summed E-state index contributed by atoms with van der Waals surface area (Å²) in [6.45, 7) is 1.87. The van der Waals surface area contributed by atoms with Crippen molar-refractivity contribution in [2.75, 3.05) is 0 Å². The Balaban J connectivity index is 2.54. The van der Waals surface area contributed by atoms with Crippen LogP contribution in [0.15, 0.2) is 48.5 Å². The van der Waals surface area contributed by atoms with E-state index in [9.17, 15) is 4.79 Å². The van der Waals surface area contributed by atoms with Crippen molar-refractivity contribution in [3.63, 3.8) is 0 Å². The van der Waals surface area contributed by atoms with Gasteiger partial charge in [-0.05, 0) is 29.7 Å². The molecule has 0 atom stereocenters. The van der Waals surface area contributed by atoms with Gasteiger partial charge < -0.3 is 0 Å². The SMILES string of the molecule is Cc1c(C(=O)NO)cccc1-c1ccccc1. The average Bonchev–Trinajstić information content (AvgIpc) is 2.39. The van der Waals surface area contributed by atoms with Gasteiger partial charge in [0, 0.05) is 5.56 Å². The molecule has 3 nitrogen and oxygen atoms in total. The highest BCUT2D eigenvalue weighted by atomic mass is 16.5. The lowest BCUT2D eigenvalue weighted by Crippen LogP contribution is -2.19. The molecule has 0 saturated heterocycles. The Labute approximate surface area is 99.7 Å². The number of benzene rings is 2. The molecule has 0 fully saturated rings. The Morgan fingerprint density at radius 3 is 2.41 bits per heavy atom. The molecule has 3 heteroatoms. The number of carbonyl (C=O) groups excluding carboxylic acids is 1. The molecule has 0 aromatic heterocycles. The standard InChI is InChI=1S/C14H13NO2/c1-10-12(11-6-3-2-4-7-11)8-5-9-13(10)14(16)15-17/h2-9,17H,1H3,(H,15,16). The first kappa shape index (κ1) is 11.4. The molecular formula is C14H13NO2. The number of hydrogen-bond donors (Lipinski definition) is 2. The van der Waals surface area contributed by atoms with Gasteiger partial charge in [-0.3, -0.25) is 10.0 Å². The van der Waals surface area contributed by atoms with Gasteiger partial charge in [0.05, 0.1) is 0 Å². The summed E-state index contributed by atoms with van der Waals surface area (Å²) in [5, 5.41) is 8.67. The normalized spacial score (nSPS) is 10.0. The summed E-state index contributed by atoms with van der Waals surface area (Å²) in [6.07, 6.45) is 0. The van der Waals surface area contributed by atoms with Gasteiger partial charge in [-0.15, -0.1) is 0 Å². The lowest BCUT2D eigenvalue weighted by Gasteiger charge is -2.09. The van der Waals surface area contributed by atoms with Crippen molar-refractivity contribution >= 4 is 5.91 Å². The molecule has 2 N–H and O–H groups in total. The van der Waals surface area contributed by atoms with Crippen molar-refractivity contribution in [3.05, 3.63) is 59.7 Å². The minimum Gasteiger partial charge on any atom is -0.288 e. The zero-order valence-electron chi connectivity index (χ0n) is 9.47. The van der Waals surface area contributed by atoms with Gasteiger partial charge >= 0.3 is 0 Å². The third-order valence-corrected chi connectivity index (χ3v) is 2.76. The second-order valence-electron chi connectivity index (χ2n) is 3.79. The van der Waals surface area contributed by atoms with Crippen LogP contribution in [0.25, 0.3) is 11.1 Å². The Morgan fingerprint density at radius 2 is 1.76 bits per heavy atom. The van der Waals surface area contributed by atoms with E-state index < -0.39 is 5.91 Å². The predicted molar refractivity (Wildman–Crippen MR) is 65.9 cm³/mol. The Kier molecular flexibility index (Phi) is 3.21. The third-order valence-electron chi connectivity index (χ3n) is 2.76. The molecule has 0 heterocycles. The van der Waals surface area contributed by atoms with Gasteiger partial charge in [0.2, 0.25) is 0 Å². The highest BCUT2D eigenvalue weighted by Crippen LogP contribution is 2.25. The molecule has 0 aliphatic heterocycles. The van der Waals surface area contributed by atoms with Crippen molar-refractivity contribution in [1.29, 1.82) is 0 Å². The van der Waals surface area contributed by atoms with Crippen molar-refractivity contribution in [3.8, 4) is 11.1 Å². The Hall–Kier alpha value is -2.13. The molecule has 0 radical (unpaired) electrons. The van der Waals surface area contributed by atoms with Crippen molar-refractivity contribution in [2.24, 2.45) is 0 Å². The first-order chi connectivity index (χ1) is 8.24. The highest BCUT2D eigenvalue weighted by Gasteiger charge is 2.11. The van der Waals surface area contributed by atoms with Crippen LogP contribution < -0.4 is 5.48 Å². The summed E-state index contributed by atoms with van der Waals surface area (Å²) in [5.74, 6) is -0.486. The first-order valence-electron chi connectivity index (χ1n) is 5.33. The van der Waals surface area contributed by atoms with Crippen molar-refractivity contribution < 1.29 is 10.0 Å². The van der Waals surface area contributed by atoms with Gasteiger partial charge in [-0.1, -0.05) is 42.5 Å². The van der Waals surface area contributed by atoms with E-state index in [2.05, 4.69) is 0 Å². The molecular weight excluding hydrogens is 214 g/mol. The molecule has 0 bridgehead atoms. The zero-order chi connectivity index (χ0) is 12.3. The monoisotopic (exact) mass is 227 g/mol. The van der Waals surface area contributed by atoms with Gasteiger partial charge in [-0.2, -0.15) is 0 Å². The molecule has 0 spiro atoms. The van der Waals surface area contributed by atoms with E-state index >= 15 is 0 Å². The van der Waals surface area contributed by atoms with E-state index in [0.29, 0.717) is 5.56 Å². The Morgan fingerprint density at radius 1 is 1.06 bits per heavy atom. The van der Waals surface area contributed by atoms with Gasteiger partial charge in [0.15, 0.2) is 0 Å². The minimum absolute atomic E-state index is 0.480. The number of amides is 1. The number of hydroxylamine groups is 1. The molecule has 17 heavy (non-hydrogen) atoms. The minimum atomic E-state index is -0.486. The van der Waals surface area contributed by atoms with E-state index in [1.54, 1.807) is 17.6 Å². The van der Waals surface area contributed by atoms with Gasteiger partial charge in [0.25, 0.3) is 5.91 Å². The second-order valence-corrected chi connectivity index (χ2v) is 3.79. The van der Waals surface area contributed by atoms with E-state index in [1.165, 1.54) is 0 Å². The number of hydrogen-bond acceptors (Lipinski definition) is 2. The largest absolute Gasteiger partial charge is 0.288 e. The van der Waals surface area contributed by atoms with Crippen LogP contribution in [0.1, 0.15) is 15.9 Å². The first-order valence-corrected chi connectivity index (χ1v) is 5.33. The zero-order valence-corrected chi connectivity index (χ0v) is 9.47. The molecule has 2 aromatic rings. The van der Waals surface area contributed by atoms with E-state index in [0.717, 1.165) is 16.7 Å². The molecule has 0 aliphatic carbocycles. The summed E-state index contributed by atoms with van der Waals surface area (Å²) in [7, 11) is 0. The van der Waals surface area contributed by atoms with Crippen LogP contribution in [-0.4, -0.2) is 11.1 Å². The Bertz CT molecular complexity index is 535. The fourth-order valence-electron chi connectivity index (χ4n) is 1.87. The third kappa shape index (κ3) is 2.19. The molecule has 2 aromatic carbocycles. The topological polar surface area (TPSA) is 49.3 Å². The lowest BCUT2D eigenvalue weighted by molar-refractivity contribution is 0.0705. The number of carbonyl (C=O) groups is 1. The van der Waals surface area contributed by atoms with Crippen LogP contribution in [0.5, 0.6) is 0 Å². The summed E-state index contributed by atoms with van der Waals surface area (Å²) in [5.41, 5.74) is 5.04. The number of rotatable bonds is 2. The smallest absolute Gasteiger partial charge is 0.274 e. The fraction of sp³-hybridized carbons (Fsp3) is 0.0714. The van der Waals surface area contributed by atoms with E-state index in [1.807, 2.05) is 43.3 Å². The molecule has 86 valence electrons. The average molecular weight is 227 g/mol. The molecule has 0 aliphatic rings. The summed E-state index contributed by atoms with van der Waals surface area (Å²) in [6, 6.07) is 15.3. The van der Waals surface area contributed by atoms with Crippen LogP contribution in [0, 0.1) is 6.92 Å². The molecule has 1 amide bonds. The van der Waals surface area contributed by atoms with Crippen LogP contribution >= 0.6 is 0 Å². The van der Waals surface area contributed by atoms with Crippen LogP contribution in [0.4, 0.5) is 0 Å². The van der Waals surface area contributed by atoms with Crippen LogP contribution in [0.2, 0.25) is 0 Å². The van der Waals surface area contributed by atoms with Crippen molar-refractivity contribution in [2.45, 2.75) is 6.92 Å². The molecule has 0 unspecified atom stereocenters. The maximum atomic E-state index is 11.5. The van der Waals surface area contributed by atoms with E-state index in [4.69, 9.17) is 5.21 Å². The highest BCUT2D eigenvalue weighted by molar-refractivity contribution is 5.96. The van der Waals surface area contributed by atoms with E-state index in [-0.39, 0.29) is 0 Å². The molecule has 2 rings (SSSR count). The number of nitrogens with one attached hydrogen (secondary N) is 1. The second kappa shape index (κ2) is 4.80. The van der Waals surface area contributed by atoms with Gasteiger partial charge in [-0.25, -0.2) is 5.48 Å².